The summed E-state index contributed by atoms with van der Waals surface area (Å²) in [4.78, 5) is 13.1. The number of hydrogen-bond donors (Lipinski definition) is 1. The Labute approximate surface area is 204 Å². The molecule has 182 valence electrons. The Balaban J connectivity index is 0.00000324. The van der Waals surface area contributed by atoms with Gasteiger partial charge in [-0.2, -0.15) is 0 Å². The molecule has 1 aromatic heterocycles. The van der Waals surface area contributed by atoms with Crippen LogP contribution in [-0.2, 0) is 28.2 Å². The molecule has 3 aromatic rings. The lowest BCUT2D eigenvalue weighted by atomic mass is 9.80. The normalized spacial score (nSPS) is 18.6. The van der Waals surface area contributed by atoms with E-state index in [0.717, 1.165) is 12.4 Å². The number of nitrogens with zero attached hydrogens (tertiary/aromatic N) is 2. The number of carbonyl (C=O) groups excluding carboxylic acids is 1. The van der Waals surface area contributed by atoms with Gasteiger partial charge in [-0.15, -0.1) is 0 Å². The average molecular weight is 491 g/mol. The average Bonchev–Trinajstić information content (AvgIpc) is 3.36. The van der Waals surface area contributed by atoms with Crippen LogP contribution in [0.2, 0.25) is 0 Å². The maximum atomic E-state index is 13.9. The fraction of sp³-hybridized carbons (Fsp3) is 0.385. The van der Waals surface area contributed by atoms with Crippen molar-refractivity contribution in [2.75, 3.05) is 6.61 Å². The molecule has 0 unspecified atom stereocenters. The van der Waals surface area contributed by atoms with Gasteiger partial charge in [0.15, 0.2) is 5.60 Å². The molecule has 1 aliphatic rings. The largest absolute Gasteiger partial charge is 1.00 e. The molecule has 1 aliphatic carbocycles. The molecule has 1 saturated carbocycles. The van der Waals surface area contributed by atoms with Crippen LogP contribution in [0.4, 0.5) is 8.78 Å². The quantitative estimate of drug-likeness (QED) is 0.379. The first-order valence-corrected chi connectivity index (χ1v) is 11.2. The summed E-state index contributed by atoms with van der Waals surface area (Å²) in [6.45, 7) is 3.12. The van der Waals surface area contributed by atoms with Gasteiger partial charge in [0.2, 0.25) is 5.92 Å². The van der Waals surface area contributed by atoms with E-state index in [2.05, 4.69) is 16.7 Å². The molecule has 1 heterocycles. The standard InChI is InChI=1S/C26H29F2N2O3.ClH/c1-20-29(14-15-30(20)19-21-8-4-2-5-9-21)16-17-33-24(31)26(32,22-10-6-3-7-11-22)23-12-13-25(27,28)18-23;/h2-11,14-15,23,32H,12-13,16-19H2,1H3;1H/q+1;/p-1/t23-,26+;/m1./s1. The number of hydrogen-bond acceptors (Lipinski definition) is 3. The molecule has 1 fully saturated rings. The van der Waals surface area contributed by atoms with Crippen molar-refractivity contribution in [1.29, 1.82) is 0 Å². The van der Waals surface area contributed by atoms with E-state index in [1.807, 2.05) is 42.1 Å². The van der Waals surface area contributed by atoms with Crippen LogP contribution in [0.1, 0.15) is 36.2 Å². The summed E-state index contributed by atoms with van der Waals surface area (Å²) in [5.74, 6) is -3.67. The smallest absolute Gasteiger partial charge is 0.343 e. The van der Waals surface area contributed by atoms with Crippen LogP contribution in [0, 0.1) is 12.8 Å². The van der Waals surface area contributed by atoms with E-state index in [-0.39, 0.29) is 37.4 Å². The van der Waals surface area contributed by atoms with E-state index in [1.165, 1.54) is 5.56 Å². The van der Waals surface area contributed by atoms with Gasteiger partial charge < -0.3 is 22.3 Å². The van der Waals surface area contributed by atoms with Gasteiger partial charge in [0.1, 0.15) is 32.1 Å². The third-order valence-corrected chi connectivity index (χ3v) is 6.54. The van der Waals surface area contributed by atoms with Crippen LogP contribution < -0.4 is 17.0 Å². The van der Waals surface area contributed by atoms with E-state index in [0.29, 0.717) is 6.54 Å². The molecule has 0 saturated heterocycles. The number of esters is 1. The number of halogens is 3. The summed E-state index contributed by atoms with van der Waals surface area (Å²) < 4.78 is 37.3. The minimum Gasteiger partial charge on any atom is -1.00 e. The minimum atomic E-state index is -2.89. The number of ether oxygens (including phenoxy) is 1. The van der Waals surface area contributed by atoms with Gasteiger partial charge in [-0.1, -0.05) is 60.7 Å². The molecule has 5 nitrogen and oxygen atoms in total. The molecular formula is C26H29ClF2N2O3. The molecule has 2 atom stereocenters. The molecule has 0 bridgehead atoms. The zero-order valence-corrected chi connectivity index (χ0v) is 19.8. The van der Waals surface area contributed by atoms with Crippen LogP contribution in [0.25, 0.3) is 0 Å². The fourth-order valence-electron chi connectivity index (χ4n) is 4.59. The molecule has 0 spiro atoms. The predicted molar refractivity (Wildman–Crippen MR) is 118 cm³/mol. The summed E-state index contributed by atoms with van der Waals surface area (Å²) in [6.07, 6.45) is 3.05. The highest BCUT2D eigenvalue weighted by Crippen LogP contribution is 2.47. The highest BCUT2D eigenvalue weighted by atomic mass is 35.5. The third kappa shape index (κ3) is 5.47. The van der Waals surface area contributed by atoms with Gasteiger partial charge in [-0.3, -0.25) is 0 Å². The topological polar surface area (TPSA) is 55.3 Å². The fourth-order valence-corrected chi connectivity index (χ4v) is 4.59. The third-order valence-electron chi connectivity index (χ3n) is 6.54. The van der Waals surface area contributed by atoms with Gasteiger partial charge in [0.05, 0.1) is 0 Å². The second-order valence-corrected chi connectivity index (χ2v) is 8.72. The van der Waals surface area contributed by atoms with Crippen LogP contribution in [-0.4, -0.2) is 28.2 Å². The van der Waals surface area contributed by atoms with Gasteiger partial charge in [-0.05, 0) is 17.5 Å². The zero-order chi connectivity index (χ0) is 23.5. The highest BCUT2D eigenvalue weighted by Gasteiger charge is 2.54. The molecule has 4 rings (SSSR count). The van der Waals surface area contributed by atoms with Crippen molar-refractivity contribution in [3.8, 4) is 0 Å². The van der Waals surface area contributed by atoms with E-state index in [1.54, 1.807) is 30.3 Å². The number of carbonyl (C=O) groups is 1. The molecule has 0 aliphatic heterocycles. The first kappa shape index (κ1) is 25.8. The Hall–Kier alpha value is -2.77. The van der Waals surface area contributed by atoms with Gasteiger partial charge in [-0.25, -0.2) is 22.7 Å². The molecular weight excluding hydrogens is 462 g/mol. The lowest BCUT2D eigenvalue weighted by Gasteiger charge is -2.32. The number of alkyl halides is 2. The SMILES string of the molecule is Cc1n(CCOC(=O)[C@](O)(c2ccccc2)[C@@H]2CCC(F)(F)C2)cc[n+]1Cc1ccccc1.[Cl-]. The van der Waals surface area contributed by atoms with Crippen molar-refractivity contribution in [3.63, 3.8) is 0 Å². The minimum absolute atomic E-state index is 0. The molecule has 0 amide bonds. The van der Waals surface area contributed by atoms with Gasteiger partial charge in [0.25, 0.3) is 5.82 Å². The Bertz CT molecular complexity index is 1090. The van der Waals surface area contributed by atoms with Crippen LogP contribution in [0.3, 0.4) is 0 Å². The maximum Gasteiger partial charge on any atom is 0.343 e. The summed E-state index contributed by atoms with van der Waals surface area (Å²) in [5.41, 5.74) is -0.633. The second-order valence-electron chi connectivity index (χ2n) is 8.72. The predicted octanol–water partition coefficient (Wildman–Crippen LogP) is 1.00. The molecule has 8 heteroatoms. The Morgan fingerprint density at radius 1 is 1.18 bits per heavy atom. The molecule has 0 radical (unpaired) electrons. The summed E-state index contributed by atoms with van der Waals surface area (Å²) in [6, 6.07) is 18.4. The number of aliphatic hydroxyl groups is 1. The number of imidazole rings is 1. The first-order chi connectivity index (χ1) is 15.8. The highest BCUT2D eigenvalue weighted by molar-refractivity contribution is 5.81. The summed E-state index contributed by atoms with van der Waals surface area (Å²) >= 11 is 0. The van der Waals surface area contributed by atoms with Crippen LogP contribution in [0.5, 0.6) is 0 Å². The van der Waals surface area contributed by atoms with E-state index < -0.39 is 29.8 Å². The van der Waals surface area contributed by atoms with Crippen molar-refractivity contribution in [2.24, 2.45) is 5.92 Å². The molecule has 1 N–H and O–H groups in total. The second kappa shape index (κ2) is 10.7. The maximum absolute atomic E-state index is 13.9. The van der Waals surface area contributed by atoms with Crippen LogP contribution in [0.15, 0.2) is 73.1 Å². The number of benzene rings is 2. The Morgan fingerprint density at radius 2 is 1.82 bits per heavy atom. The van der Waals surface area contributed by atoms with Gasteiger partial charge in [0, 0.05) is 25.7 Å². The Kier molecular flexibility index (Phi) is 8.10. The zero-order valence-electron chi connectivity index (χ0n) is 19.0. The van der Waals surface area contributed by atoms with Gasteiger partial charge >= 0.3 is 5.97 Å². The molecule has 2 aromatic carbocycles. The van der Waals surface area contributed by atoms with Crippen molar-refractivity contribution in [1.82, 2.24) is 4.57 Å². The molecule has 34 heavy (non-hydrogen) atoms. The van der Waals surface area contributed by atoms with Crippen molar-refractivity contribution >= 4 is 5.97 Å². The van der Waals surface area contributed by atoms with E-state index in [9.17, 15) is 18.7 Å². The lowest BCUT2D eigenvalue weighted by Crippen LogP contribution is -3.00. The van der Waals surface area contributed by atoms with E-state index in [4.69, 9.17) is 4.74 Å². The summed E-state index contributed by atoms with van der Waals surface area (Å²) in [5, 5.41) is 11.4. The first-order valence-electron chi connectivity index (χ1n) is 11.2. The Morgan fingerprint density at radius 3 is 2.44 bits per heavy atom. The van der Waals surface area contributed by atoms with Crippen molar-refractivity contribution < 1.29 is 40.4 Å². The lowest BCUT2D eigenvalue weighted by molar-refractivity contribution is -0.694. The van der Waals surface area contributed by atoms with Crippen LogP contribution >= 0.6 is 0 Å². The van der Waals surface area contributed by atoms with E-state index >= 15 is 0 Å². The van der Waals surface area contributed by atoms with Crippen molar-refractivity contribution in [3.05, 3.63) is 90.0 Å². The monoisotopic (exact) mass is 490 g/mol. The number of rotatable bonds is 8. The number of aromatic nitrogens is 2. The van der Waals surface area contributed by atoms with Crippen molar-refractivity contribution in [2.45, 2.75) is 50.8 Å². The summed E-state index contributed by atoms with van der Waals surface area (Å²) in [7, 11) is 0.